The van der Waals surface area contributed by atoms with Gasteiger partial charge < -0.3 is 10.2 Å². The highest BCUT2D eigenvalue weighted by Gasteiger charge is 2.37. The van der Waals surface area contributed by atoms with Crippen LogP contribution in [0.1, 0.15) is 26.5 Å². The van der Waals surface area contributed by atoms with Crippen molar-refractivity contribution in [3.05, 3.63) is 51.0 Å². The summed E-state index contributed by atoms with van der Waals surface area (Å²) in [7, 11) is 0. The number of imide groups is 1. The number of nitrogen functional groups attached to an aromatic ring is 1. The number of rotatable bonds is 2. The first kappa shape index (κ1) is 12.2. The van der Waals surface area contributed by atoms with Crippen LogP contribution in [0.3, 0.4) is 0 Å². The quantitative estimate of drug-likeness (QED) is 0.501. The number of hydrogen-bond donors (Lipinski definition) is 1. The molecule has 1 aliphatic rings. The lowest BCUT2D eigenvalue weighted by atomic mass is 10.1. The highest BCUT2D eigenvalue weighted by Crippen LogP contribution is 2.29. The number of amides is 2. The summed E-state index contributed by atoms with van der Waals surface area (Å²) in [6.45, 7) is 0.120. The molecule has 0 fully saturated rings. The summed E-state index contributed by atoms with van der Waals surface area (Å²) in [6.07, 6.45) is 0. The van der Waals surface area contributed by atoms with Gasteiger partial charge in [0.1, 0.15) is 5.76 Å². The highest BCUT2D eigenvalue weighted by atomic mass is 127. The van der Waals surface area contributed by atoms with Gasteiger partial charge in [0.25, 0.3) is 11.8 Å². The summed E-state index contributed by atoms with van der Waals surface area (Å²) in [5.74, 6) is -0.138. The molecule has 0 aliphatic carbocycles. The first-order valence-electron chi connectivity index (χ1n) is 5.57. The Morgan fingerprint density at radius 1 is 1.16 bits per heavy atom. The van der Waals surface area contributed by atoms with Crippen LogP contribution in [0.25, 0.3) is 0 Å². The fourth-order valence-corrected chi connectivity index (χ4v) is 2.56. The van der Waals surface area contributed by atoms with Gasteiger partial charge in [-0.15, -0.1) is 0 Å². The SMILES string of the molecule is Nc1cccc2c1C(=O)N(Cc1ccc(I)o1)C2=O. The van der Waals surface area contributed by atoms with Crippen molar-refractivity contribution in [1.29, 1.82) is 0 Å². The smallest absolute Gasteiger partial charge is 0.264 e. The van der Waals surface area contributed by atoms with Crippen molar-refractivity contribution in [3.63, 3.8) is 0 Å². The average Bonchev–Trinajstić information content (AvgIpc) is 2.88. The summed E-state index contributed by atoms with van der Waals surface area (Å²) in [4.78, 5) is 25.5. The predicted molar refractivity (Wildman–Crippen MR) is 76.5 cm³/mol. The molecule has 2 N–H and O–H groups in total. The van der Waals surface area contributed by atoms with Gasteiger partial charge in [-0.25, -0.2) is 0 Å². The van der Waals surface area contributed by atoms with Crippen LogP contribution in [0.4, 0.5) is 5.69 Å². The Kier molecular flexibility index (Phi) is 2.81. The molecule has 6 heteroatoms. The monoisotopic (exact) mass is 368 g/mol. The molecular weight excluding hydrogens is 359 g/mol. The molecule has 0 spiro atoms. The third-order valence-electron chi connectivity index (χ3n) is 2.97. The van der Waals surface area contributed by atoms with Gasteiger partial charge in [-0.1, -0.05) is 6.07 Å². The Morgan fingerprint density at radius 3 is 2.58 bits per heavy atom. The third kappa shape index (κ3) is 1.92. The van der Waals surface area contributed by atoms with E-state index in [1.165, 1.54) is 0 Å². The number of anilines is 1. The van der Waals surface area contributed by atoms with Crippen molar-refractivity contribution >= 4 is 40.1 Å². The Hall–Kier alpha value is -1.83. The number of hydrogen-bond acceptors (Lipinski definition) is 4. The fourth-order valence-electron chi connectivity index (χ4n) is 2.10. The lowest BCUT2D eigenvalue weighted by molar-refractivity contribution is 0.0631. The van der Waals surface area contributed by atoms with Crippen LogP contribution >= 0.6 is 22.6 Å². The van der Waals surface area contributed by atoms with E-state index in [2.05, 4.69) is 0 Å². The molecular formula is C13H9IN2O3. The molecule has 1 aromatic carbocycles. The van der Waals surface area contributed by atoms with Gasteiger partial charge in [-0.05, 0) is 46.9 Å². The molecule has 3 rings (SSSR count). The second kappa shape index (κ2) is 4.37. The fraction of sp³-hybridized carbons (Fsp3) is 0.0769. The molecule has 0 saturated heterocycles. The van der Waals surface area contributed by atoms with Crippen molar-refractivity contribution in [2.45, 2.75) is 6.54 Å². The van der Waals surface area contributed by atoms with Crippen molar-refractivity contribution < 1.29 is 14.0 Å². The first-order valence-corrected chi connectivity index (χ1v) is 6.64. The van der Waals surface area contributed by atoms with Crippen LogP contribution in [-0.2, 0) is 6.54 Å². The van der Waals surface area contributed by atoms with E-state index >= 15 is 0 Å². The number of halogens is 1. The van der Waals surface area contributed by atoms with Gasteiger partial charge in [0.05, 0.1) is 17.7 Å². The Balaban J connectivity index is 1.97. The molecule has 0 bridgehead atoms. The van der Waals surface area contributed by atoms with Crippen molar-refractivity contribution in [2.24, 2.45) is 0 Å². The molecule has 0 atom stereocenters. The zero-order chi connectivity index (χ0) is 13.6. The number of carbonyl (C=O) groups excluding carboxylic acids is 2. The maximum atomic E-state index is 12.2. The topological polar surface area (TPSA) is 76.5 Å². The van der Waals surface area contributed by atoms with Crippen LogP contribution < -0.4 is 5.73 Å². The molecule has 1 aliphatic heterocycles. The Morgan fingerprint density at radius 2 is 1.95 bits per heavy atom. The van der Waals surface area contributed by atoms with Crippen LogP contribution in [-0.4, -0.2) is 16.7 Å². The summed E-state index contributed by atoms with van der Waals surface area (Å²) >= 11 is 2.03. The number of fused-ring (bicyclic) bond motifs is 1. The Bertz CT molecular complexity index is 693. The standard InChI is InChI=1S/C13H9IN2O3/c14-10-5-4-7(19-10)6-16-12(17)8-2-1-3-9(15)11(8)13(16)18/h1-5H,6,15H2. The molecule has 2 heterocycles. The van der Waals surface area contributed by atoms with Gasteiger partial charge in [-0.2, -0.15) is 0 Å². The van der Waals surface area contributed by atoms with E-state index < -0.39 is 0 Å². The van der Waals surface area contributed by atoms with E-state index in [1.54, 1.807) is 30.3 Å². The minimum atomic E-state index is -0.371. The number of nitrogens with two attached hydrogens (primary N) is 1. The lowest BCUT2D eigenvalue weighted by Gasteiger charge is -2.11. The van der Waals surface area contributed by atoms with E-state index in [1.807, 2.05) is 22.6 Å². The van der Waals surface area contributed by atoms with Crippen molar-refractivity contribution in [3.8, 4) is 0 Å². The summed E-state index contributed by atoms with van der Waals surface area (Å²) in [5, 5.41) is 0. The molecule has 96 valence electrons. The maximum Gasteiger partial charge on any atom is 0.264 e. The van der Waals surface area contributed by atoms with E-state index in [-0.39, 0.29) is 23.9 Å². The molecule has 2 aromatic rings. The molecule has 0 radical (unpaired) electrons. The number of carbonyl (C=O) groups is 2. The molecule has 1 aromatic heterocycles. The normalized spacial score (nSPS) is 14.1. The number of nitrogens with zero attached hydrogens (tertiary/aromatic N) is 1. The predicted octanol–water partition coefficient (Wildman–Crippen LogP) is 2.26. The van der Waals surface area contributed by atoms with E-state index in [0.717, 1.165) is 4.90 Å². The first-order chi connectivity index (χ1) is 9.08. The van der Waals surface area contributed by atoms with Crippen molar-refractivity contribution in [2.75, 3.05) is 5.73 Å². The van der Waals surface area contributed by atoms with E-state index in [4.69, 9.17) is 10.2 Å². The third-order valence-corrected chi connectivity index (χ3v) is 3.55. The number of benzene rings is 1. The molecule has 2 amide bonds. The lowest BCUT2D eigenvalue weighted by Crippen LogP contribution is -2.29. The van der Waals surface area contributed by atoms with Crippen LogP contribution in [0.15, 0.2) is 34.7 Å². The highest BCUT2D eigenvalue weighted by molar-refractivity contribution is 14.1. The van der Waals surface area contributed by atoms with Gasteiger partial charge >= 0.3 is 0 Å². The zero-order valence-electron chi connectivity index (χ0n) is 9.72. The maximum absolute atomic E-state index is 12.2. The van der Waals surface area contributed by atoms with Crippen LogP contribution in [0.2, 0.25) is 0 Å². The molecule has 0 saturated carbocycles. The molecule has 5 nitrogen and oxygen atoms in total. The van der Waals surface area contributed by atoms with Gasteiger partial charge in [0, 0.05) is 5.69 Å². The van der Waals surface area contributed by atoms with E-state index in [0.29, 0.717) is 20.8 Å². The summed E-state index contributed by atoms with van der Waals surface area (Å²) in [5.41, 5.74) is 6.73. The average molecular weight is 368 g/mol. The summed E-state index contributed by atoms with van der Waals surface area (Å²) < 4.78 is 6.09. The second-order valence-corrected chi connectivity index (χ2v) is 5.24. The Labute approximate surface area is 122 Å². The molecule has 19 heavy (non-hydrogen) atoms. The minimum Gasteiger partial charge on any atom is -0.453 e. The largest absolute Gasteiger partial charge is 0.453 e. The zero-order valence-corrected chi connectivity index (χ0v) is 11.9. The van der Waals surface area contributed by atoms with Crippen LogP contribution in [0.5, 0.6) is 0 Å². The number of furan rings is 1. The van der Waals surface area contributed by atoms with Gasteiger partial charge in [0.15, 0.2) is 3.77 Å². The second-order valence-electron chi connectivity index (χ2n) is 4.17. The summed E-state index contributed by atoms with van der Waals surface area (Å²) in [6, 6.07) is 8.41. The van der Waals surface area contributed by atoms with Gasteiger partial charge in [0.2, 0.25) is 0 Å². The van der Waals surface area contributed by atoms with Crippen LogP contribution in [0, 0.1) is 3.77 Å². The van der Waals surface area contributed by atoms with E-state index in [9.17, 15) is 9.59 Å². The van der Waals surface area contributed by atoms with Gasteiger partial charge in [-0.3, -0.25) is 14.5 Å². The van der Waals surface area contributed by atoms with Crippen molar-refractivity contribution in [1.82, 2.24) is 4.90 Å². The minimum absolute atomic E-state index is 0.120. The molecule has 0 unspecified atom stereocenters.